The number of allylic oxidation sites excluding steroid dienone is 1. The Kier molecular flexibility index (Phi) is 12.3. The van der Waals surface area contributed by atoms with Crippen LogP contribution in [0.15, 0.2) is 35.0 Å². The molecule has 1 N–H and O–H groups in total. The summed E-state index contributed by atoms with van der Waals surface area (Å²) in [5, 5.41) is 0. The van der Waals surface area contributed by atoms with Crippen LogP contribution in [0.25, 0.3) is 0 Å². The number of hydrogen-bond acceptors (Lipinski definition) is 4. The first kappa shape index (κ1) is 26.7. The highest BCUT2D eigenvalue weighted by Gasteiger charge is 2.14. The van der Waals surface area contributed by atoms with E-state index in [2.05, 4.69) is 46.7 Å². The molecule has 0 unspecified atom stereocenters. The van der Waals surface area contributed by atoms with Crippen molar-refractivity contribution in [2.24, 2.45) is 5.41 Å². The lowest BCUT2D eigenvalue weighted by molar-refractivity contribution is 0.0474. The highest BCUT2D eigenvalue weighted by Crippen LogP contribution is 2.31. The highest BCUT2D eigenvalue weighted by molar-refractivity contribution is 6.55. The maximum Gasteiger partial charge on any atom is 0.125 e. The van der Waals surface area contributed by atoms with E-state index in [1.54, 1.807) is 6.08 Å². The fourth-order valence-electron chi connectivity index (χ4n) is 2.64. The number of rotatable bonds is 14. The van der Waals surface area contributed by atoms with Gasteiger partial charge >= 0.3 is 0 Å². The van der Waals surface area contributed by atoms with Gasteiger partial charge in [0.15, 0.2) is 0 Å². The zero-order valence-electron chi connectivity index (χ0n) is 19.1. The van der Waals surface area contributed by atoms with Crippen molar-refractivity contribution in [1.82, 2.24) is 5.48 Å². The van der Waals surface area contributed by atoms with Gasteiger partial charge in [0.1, 0.15) is 22.6 Å². The Morgan fingerprint density at radius 3 is 2.13 bits per heavy atom. The molecular weight excluding hydrogens is 421 g/mol. The van der Waals surface area contributed by atoms with Crippen LogP contribution in [-0.4, -0.2) is 19.8 Å². The number of unbranched alkanes of at least 4 members (excludes halogenated alkanes) is 2. The monoisotopic (exact) mass is 457 g/mol. The number of nitrogens with one attached hydrogen (secondary N) is 1. The van der Waals surface area contributed by atoms with Gasteiger partial charge in [0.05, 0.1) is 13.2 Å². The van der Waals surface area contributed by atoms with Crippen LogP contribution in [-0.2, 0) is 17.7 Å². The zero-order chi connectivity index (χ0) is 22.6. The third-order valence-corrected chi connectivity index (χ3v) is 5.01. The third-order valence-electron chi connectivity index (χ3n) is 4.70. The lowest BCUT2D eigenvalue weighted by atomic mass is 9.94. The zero-order valence-corrected chi connectivity index (χ0v) is 20.6. The lowest BCUT2D eigenvalue weighted by Gasteiger charge is -2.22. The van der Waals surface area contributed by atoms with Crippen molar-refractivity contribution in [2.75, 3.05) is 19.8 Å². The van der Waals surface area contributed by atoms with Gasteiger partial charge in [-0.05, 0) is 61.4 Å². The molecule has 4 nitrogen and oxygen atoms in total. The Balaban J connectivity index is 2.45. The molecule has 0 spiro atoms. The summed E-state index contributed by atoms with van der Waals surface area (Å²) in [6.07, 6.45) is 6.37. The average Bonchev–Trinajstić information content (AvgIpc) is 2.68. The van der Waals surface area contributed by atoms with E-state index in [9.17, 15) is 0 Å². The second kappa shape index (κ2) is 13.8. The molecule has 0 aromatic heterocycles. The normalized spacial score (nSPS) is 11.2. The smallest absolute Gasteiger partial charge is 0.125 e. The van der Waals surface area contributed by atoms with Crippen LogP contribution in [0.3, 0.4) is 0 Å². The molecule has 0 radical (unpaired) electrons. The van der Waals surface area contributed by atoms with Crippen LogP contribution < -0.4 is 15.0 Å². The van der Waals surface area contributed by atoms with E-state index in [-0.39, 0.29) is 9.91 Å². The Morgan fingerprint density at radius 2 is 1.60 bits per heavy atom. The summed E-state index contributed by atoms with van der Waals surface area (Å²) in [6.45, 7) is 16.2. The first-order valence-corrected chi connectivity index (χ1v) is 11.4. The SMILES string of the molecule is C=C(NOCCCCCOc1c(CC)cc(OCC=C(Cl)Cl)cc1CC)C(C)(C)C. The molecule has 30 heavy (non-hydrogen) atoms. The van der Waals surface area contributed by atoms with Gasteiger partial charge in [-0.15, -0.1) is 0 Å². The van der Waals surface area contributed by atoms with Crippen molar-refractivity contribution in [3.63, 3.8) is 0 Å². The molecule has 0 heterocycles. The molecule has 0 aliphatic carbocycles. The molecule has 1 rings (SSSR count). The molecule has 0 saturated carbocycles. The number of halogens is 2. The first-order valence-electron chi connectivity index (χ1n) is 10.7. The molecule has 0 bridgehead atoms. The lowest BCUT2D eigenvalue weighted by Crippen LogP contribution is -2.24. The number of benzene rings is 1. The number of hydrogen-bond donors (Lipinski definition) is 1. The van der Waals surface area contributed by atoms with Gasteiger partial charge in [0, 0.05) is 11.1 Å². The highest BCUT2D eigenvalue weighted by atomic mass is 35.5. The molecule has 6 heteroatoms. The summed E-state index contributed by atoms with van der Waals surface area (Å²) in [7, 11) is 0. The second-order valence-electron chi connectivity index (χ2n) is 8.17. The van der Waals surface area contributed by atoms with Crippen molar-refractivity contribution in [1.29, 1.82) is 0 Å². The standard InChI is InChI=1S/C24H37Cl2NO3/c1-7-19-16-21(28-15-12-22(25)26)17-20(8-2)23(19)29-13-10-9-11-14-30-27-18(3)24(4,5)6/h12,16-17,27H,3,7-11,13-15H2,1-2,4-6H3. The number of ether oxygens (including phenoxy) is 2. The van der Waals surface area contributed by atoms with Crippen LogP contribution in [0.2, 0.25) is 0 Å². The summed E-state index contributed by atoms with van der Waals surface area (Å²) in [5.74, 6) is 1.79. The quantitative estimate of drug-likeness (QED) is 0.238. The summed E-state index contributed by atoms with van der Waals surface area (Å²) in [6, 6.07) is 4.07. The van der Waals surface area contributed by atoms with Gasteiger partial charge < -0.3 is 9.47 Å². The maximum atomic E-state index is 6.16. The number of aryl methyl sites for hydroxylation is 2. The Bertz CT molecular complexity index is 667. The Labute approximate surface area is 192 Å². The molecule has 0 aliphatic rings. The molecule has 0 fully saturated rings. The van der Waals surface area contributed by atoms with Gasteiger partial charge in [-0.3, -0.25) is 10.3 Å². The summed E-state index contributed by atoms with van der Waals surface area (Å²) < 4.78 is 12.1. The van der Waals surface area contributed by atoms with E-state index >= 15 is 0 Å². The summed E-state index contributed by atoms with van der Waals surface area (Å²) >= 11 is 11.3. The van der Waals surface area contributed by atoms with E-state index in [1.807, 2.05) is 12.1 Å². The van der Waals surface area contributed by atoms with Gasteiger partial charge in [-0.2, -0.15) is 0 Å². The second-order valence-corrected chi connectivity index (χ2v) is 9.18. The predicted molar refractivity (Wildman–Crippen MR) is 128 cm³/mol. The van der Waals surface area contributed by atoms with E-state index in [0.717, 1.165) is 60.4 Å². The fraction of sp³-hybridized carbons (Fsp3) is 0.583. The van der Waals surface area contributed by atoms with E-state index in [1.165, 1.54) is 0 Å². The predicted octanol–water partition coefficient (Wildman–Crippen LogP) is 7.14. The molecule has 0 amide bonds. The number of hydroxylamine groups is 1. The molecule has 1 aromatic carbocycles. The topological polar surface area (TPSA) is 39.7 Å². The van der Waals surface area contributed by atoms with Crippen LogP contribution in [0.1, 0.15) is 65.0 Å². The van der Waals surface area contributed by atoms with Crippen molar-refractivity contribution in [3.8, 4) is 11.5 Å². The minimum absolute atomic E-state index is 0.00372. The van der Waals surface area contributed by atoms with Gasteiger partial charge in [-0.1, -0.05) is 64.4 Å². The minimum Gasteiger partial charge on any atom is -0.493 e. The van der Waals surface area contributed by atoms with Crippen LogP contribution in [0.5, 0.6) is 11.5 Å². The van der Waals surface area contributed by atoms with Crippen LogP contribution >= 0.6 is 23.2 Å². The molecule has 170 valence electrons. The molecular formula is C24H37Cl2NO3. The van der Waals surface area contributed by atoms with E-state index in [4.69, 9.17) is 37.5 Å². The average molecular weight is 458 g/mol. The van der Waals surface area contributed by atoms with Gasteiger partial charge in [0.25, 0.3) is 0 Å². The Hall–Kier alpha value is -1.36. The first-order chi connectivity index (χ1) is 14.2. The van der Waals surface area contributed by atoms with Crippen molar-refractivity contribution >= 4 is 23.2 Å². The van der Waals surface area contributed by atoms with E-state index in [0.29, 0.717) is 19.8 Å². The summed E-state index contributed by atoms with van der Waals surface area (Å²) in [4.78, 5) is 5.50. The molecule has 0 aliphatic heterocycles. The van der Waals surface area contributed by atoms with Crippen molar-refractivity contribution in [3.05, 3.63) is 46.1 Å². The van der Waals surface area contributed by atoms with Crippen molar-refractivity contribution < 1.29 is 14.3 Å². The largest absolute Gasteiger partial charge is 0.493 e. The molecule has 0 saturated heterocycles. The van der Waals surface area contributed by atoms with E-state index < -0.39 is 0 Å². The fourth-order valence-corrected chi connectivity index (χ4v) is 2.76. The summed E-state index contributed by atoms with van der Waals surface area (Å²) in [5.41, 5.74) is 6.13. The molecule has 1 aromatic rings. The van der Waals surface area contributed by atoms with Crippen LogP contribution in [0, 0.1) is 5.41 Å². The van der Waals surface area contributed by atoms with Crippen molar-refractivity contribution in [2.45, 2.75) is 66.7 Å². The minimum atomic E-state index is -0.00372. The Morgan fingerprint density at radius 1 is 1.00 bits per heavy atom. The maximum absolute atomic E-state index is 6.16. The van der Waals surface area contributed by atoms with Gasteiger partial charge in [-0.25, -0.2) is 0 Å². The molecule has 0 atom stereocenters. The van der Waals surface area contributed by atoms with Gasteiger partial charge in [0.2, 0.25) is 0 Å². The van der Waals surface area contributed by atoms with Crippen LogP contribution in [0.4, 0.5) is 0 Å². The third kappa shape index (κ3) is 10.1.